The monoisotopic (exact) mass is 287 g/mol. The maximum Gasteiger partial charge on any atom is 0.0815 e. The number of halogens is 1. The second kappa shape index (κ2) is 6.66. The van der Waals surface area contributed by atoms with Crippen LogP contribution in [0.15, 0.2) is 24.3 Å². The molecule has 2 unspecified atom stereocenters. The van der Waals surface area contributed by atoms with E-state index in [1.54, 1.807) is 6.26 Å². The van der Waals surface area contributed by atoms with Gasteiger partial charge < -0.3 is 10.1 Å². The van der Waals surface area contributed by atoms with Gasteiger partial charge in [-0.15, -0.1) is 0 Å². The molecule has 0 bridgehead atoms. The van der Waals surface area contributed by atoms with Crippen LogP contribution in [0.5, 0.6) is 0 Å². The third-order valence-electron chi connectivity index (χ3n) is 2.98. The number of nitrogens with one attached hydrogen (secondary N) is 1. The molecule has 1 saturated heterocycles. The molecule has 18 heavy (non-hydrogen) atoms. The normalized spacial score (nSPS) is 25.9. The number of rotatable bonds is 4. The van der Waals surface area contributed by atoms with E-state index in [1.807, 2.05) is 24.3 Å². The molecule has 0 saturated carbocycles. The summed E-state index contributed by atoms with van der Waals surface area (Å²) in [4.78, 5) is 0. The van der Waals surface area contributed by atoms with Crippen molar-refractivity contribution in [3.05, 3.63) is 34.9 Å². The first-order valence-electron chi connectivity index (χ1n) is 6.03. The smallest absolute Gasteiger partial charge is 0.0815 e. The van der Waals surface area contributed by atoms with Crippen LogP contribution in [0.3, 0.4) is 0 Å². The molecule has 1 fully saturated rings. The van der Waals surface area contributed by atoms with E-state index < -0.39 is 10.8 Å². The third kappa shape index (κ3) is 4.35. The Bertz CT molecular complexity index is 402. The Morgan fingerprint density at radius 3 is 2.72 bits per heavy atom. The minimum Gasteiger partial charge on any atom is -0.374 e. The maximum absolute atomic E-state index is 11.1. The standard InChI is InChI=1S/C13H18ClNO2S/c1-18(16)9-13-7-15-12(8-17-13)6-10-2-4-11(14)5-3-10/h2-5,12-13,15H,6-9H2,1H3/t12?,13-,18?/m1/s1. The molecule has 0 aromatic heterocycles. The van der Waals surface area contributed by atoms with Crippen molar-refractivity contribution in [3.8, 4) is 0 Å². The number of ether oxygens (including phenoxy) is 1. The Morgan fingerprint density at radius 1 is 1.44 bits per heavy atom. The lowest BCUT2D eigenvalue weighted by molar-refractivity contribution is 0.0179. The van der Waals surface area contributed by atoms with Crippen molar-refractivity contribution in [1.82, 2.24) is 5.32 Å². The zero-order chi connectivity index (χ0) is 13.0. The Kier molecular flexibility index (Phi) is 5.18. The summed E-state index contributed by atoms with van der Waals surface area (Å²) in [6, 6.07) is 8.22. The maximum atomic E-state index is 11.1. The molecule has 3 nitrogen and oxygen atoms in total. The molecule has 1 aromatic rings. The minimum atomic E-state index is -0.795. The van der Waals surface area contributed by atoms with Gasteiger partial charge in [-0.05, 0) is 24.1 Å². The van der Waals surface area contributed by atoms with Gasteiger partial charge in [0.1, 0.15) is 0 Å². The first kappa shape index (κ1) is 14.0. The van der Waals surface area contributed by atoms with Crippen LogP contribution in [0.25, 0.3) is 0 Å². The summed E-state index contributed by atoms with van der Waals surface area (Å²) in [5, 5.41) is 4.21. The molecule has 2 rings (SSSR count). The number of morpholine rings is 1. The summed E-state index contributed by atoms with van der Waals surface area (Å²) in [5.74, 6) is 0.612. The summed E-state index contributed by atoms with van der Waals surface area (Å²) in [5.41, 5.74) is 1.25. The van der Waals surface area contributed by atoms with Gasteiger partial charge in [0.25, 0.3) is 0 Å². The highest BCUT2D eigenvalue weighted by atomic mass is 35.5. The first-order chi connectivity index (χ1) is 8.63. The highest BCUT2D eigenvalue weighted by molar-refractivity contribution is 7.84. The summed E-state index contributed by atoms with van der Waals surface area (Å²) in [6.07, 6.45) is 2.72. The molecule has 0 amide bonds. The second-order valence-corrected chi connectivity index (χ2v) is 6.55. The third-order valence-corrected chi connectivity index (χ3v) is 4.08. The summed E-state index contributed by atoms with van der Waals surface area (Å²) in [7, 11) is -0.795. The summed E-state index contributed by atoms with van der Waals surface area (Å²) >= 11 is 5.85. The Hall–Kier alpha value is -0.420. The Morgan fingerprint density at radius 2 is 2.17 bits per heavy atom. The Balaban J connectivity index is 1.79. The molecule has 1 aromatic carbocycles. The van der Waals surface area contributed by atoms with Crippen LogP contribution in [0.2, 0.25) is 5.02 Å². The molecule has 100 valence electrons. The largest absolute Gasteiger partial charge is 0.374 e. The molecule has 0 radical (unpaired) electrons. The van der Waals surface area contributed by atoms with Gasteiger partial charge in [0, 0.05) is 34.7 Å². The van der Waals surface area contributed by atoms with Crippen molar-refractivity contribution >= 4 is 22.4 Å². The number of hydrogen-bond donors (Lipinski definition) is 1. The van der Waals surface area contributed by atoms with E-state index in [-0.39, 0.29) is 6.10 Å². The SMILES string of the molecule is CS(=O)C[C@H]1CNC(Cc2ccc(Cl)cc2)CO1. The first-order valence-corrected chi connectivity index (χ1v) is 8.13. The summed E-state index contributed by atoms with van der Waals surface area (Å²) < 4.78 is 16.8. The van der Waals surface area contributed by atoms with E-state index in [4.69, 9.17) is 16.3 Å². The van der Waals surface area contributed by atoms with Crippen LogP contribution < -0.4 is 5.32 Å². The lowest BCUT2D eigenvalue weighted by Gasteiger charge is -2.30. The fraction of sp³-hybridized carbons (Fsp3) is 0.538. The van der Waals surface area contributed by atoms with E-state index in [2.05, 4.69) is 5.32 Å². The molecule has 1 heterocycles. The van der Waals surface area contributed by atoms with Gasteiger partial charge in [0.2, 0.25) is 0 Å². The fourth-order valence-corrected chi connectivity index (χ4v) is 2.94. The zero-order valence-electron chi connectivity index (χ0n) is 10.4. The minimum absolute atomic E-state index is 0.0808. The molecule has 0 spiro atoms. The highest BCUT2D eigenvalue weighted by Gasteiger charge is 2.21. The van der Waals surface area contributed by atoms with Crippen molar-refractivity contribution in [3.63, 3.8) is 0 Å². The number of benzene rings is 1. The van der Waals surface area contributed by atoms with Gasteiger partial charge in [-0.2, -0.15) is 0 Å². The van der Waals surface area contributed by atoms with E-state index in [1.165, 1.54) is 5.56 Å². The van der Waals surface area contributed by atoms with Gasteiger partial charge >= 0.3 is 0 Å². The lowest BCUT2D eigenvalue weighted by Crippen LogP contribution is -2.49. The molecule has 1 N–H and O–H groups in total. The molecule has 3 atom stereocenters. The van der Waals surface area contributed by atoms with Crippen LogP contribution in [0.1, 0.15) is 5.56 Å². The van der Waals surface area contributed by atoms with Crippen molar-refractivity contribution in [2.24, 2.45) is 0 Å². The molecule has 1 aliphatic rings. The van der Waals surface area contributed by atoms with E-state index in [0.717, 1.165) is 18.0 Å². The van der Waals surface area contributed by atoms with E-state index in [9.17, 15) is 4.21 Å². The topological polar surface area (TPSA) is 38.3 Å². The Labute approximate surface area is 115 Å². The van der Waals surface area contributed by atoms with Crippen LogP contribution in [-0.4, -0.2) is 41.5 Å². The molecule has 1 aliphatic heterocycles. The van der Waals surface area contributed by atoms with Crippen molar-refractivity contribution in [2.45, 2.75) is 18.6 Å². The zero-order valence-corrected chi connectivity index (χ0v) is 12.0. The van der Waals surface area contributed by atoms with Crippen molar-refractivity contribution in [2.75, 3.05) is 25.2 Å². The quantitative estimate of drug-likeness (QED) is 0.914. The van der Waals surface area contributed by atoms with Crippen LogP contribution in [0.4, 0.5) is 0 Å². The van der Waals surface area contributed by atoms with Gasteiger partial charge in [-0.25, -0.2) is 0 Å². The highest BCUT2D eigenvalue weighted by Crippen LogP contribution is 2.13. The number of hydrogen-bond acceptors (Lipinski definition) is 3. The summed E-state index contributed by atoms with van der Waals surface area (Å²) in [6.45, 7) is 1.45. The molecule has 0 aliphatic carbocycles. The van der Waals surface area contributed by atoms with Gasteiger partial charge in [0.15, 0.2) is 0 Å². The van der Waals surface area contributed by atoms with Crippen LogP contribution in [-0.2, 0) is 22.0 Å². The van der Waals surface area contributed by atoms with Crippen LogP contribution in [0, 0.1) is 0 Å². The van der Waals surface area contributed by atoms with Gasteiger partial charge in [0.05, 0.1) is 18.5 Å². The van der Waals surface area contributed by atoms with Crippen molar-refractivity contribution in [1.29, 1.82) is 0 Å². The fourth-order valence-electron chi connectivity index (χ4n) is 2.07. The van der Waals surface area contributed by atoms with Gasteiger partial charge in [-0.1, -0.05) is 23.7 Å². The average molecular weight is 288 g/mol. The van der Waals surface area contributed by atoms with Crippen molar-refractivity contribution < 1.29 is 8.95 Å². The molecule has 5 heteroatoms. The second-order valence-electron chi connectivity index (χ2n) is 4.63. The van der Waals surface area contributed by atoms with E-state index in [0.29, 0.717) is 18.4 Å². The lowest BCUT2D eigenvalue weighted by atomic mass is 10.1. The van der Waals surface area contributed by atoms with E-state index >= 15 is 0 Å². The predicted molar refractivity (Wildman–Crippen MR) is 75.6 cm³/mol. The van der Waals surface area contributed by atoms with Crippen LogP contribution >= 0.6 is 11.6 Å². The predicted octanol–water partition coefficient (Wildman–Crippen LogP) is 1.62. The molecular formula is C13H18ClNO2S. The molecular weight excluding hydrogens is 270 g/mol. The average Bonchev–Trinajstić information content (AvgIpc) is 2.34. The van der Waals surface area contributed by atoms with Gasteiger partial charge in [-0.3, -0.25) is 4.21 Å².